The van der Waals surface area contributed by atoms with Crippen LogP contribution in [0.4, 0.5) is 20.6 Å². The Hall–Kier alpha value is -4.34. The van der Waals surface area contributed by atoms with Gasteiger partial charge in [-0.15, -0.1) is 11.3 Å². The number of rotatable bonds is 5. The van der Waals surface area contributed by atoms with Gasteiger partial charge in [-0.1, -0.05) is 30.3 Å². The van der Waals surface area contributed by atoms with Crippen molar-refractivity contribution in [2.45, 2.75) is 26.2 Å². The van der Waals surface area contributed by atoms with E-state index in [0.717, 1.165) is 33.7 Å². The fourth-order valence-electron chi connectivity index (χ4n) is 5.59. The average Bonchev–Trinajstić information content (AvgIpc) is 3.16. The Labute approximate surface area is 253 Å². The van der Waals surface area contributed by atoms with Crippen LogP contribution in [0, 0.1) is 12.7 Å². The van der Waals surface area contributed by atoms with Crippen LogP contribution in [0.5, 0.6) is 0 Å². The minimum absolute atomic E-state index is 0.00700. The number of benzene rings is 3. The molecule has 1 N–H and O–H groups in total. The zero-order valence-corrected chi connectivity index (χ0v) is 24.7. The van der Waals surface area contributed by atoms with E-state index in [1.54, 1.807) is 40.1 Å². The number of ether oxygens (including phenoxy) is 1. The van der Waals surface area contributed by atoms with Gasteiger partial charge >= 0.3 is 6.03 Å². The zero-order valence-electron chi connectivity index (χ0n) is 23.9. The third-order valence-corrected chi connectivity index (χ3v) is 9.21. The van der Waals surface area contributed by atoms with Crippen LogP contribution in [-0.4, -0.2) is 55.5 Å². The summed E-state index contributed by atoms with van der Waals surface area (Å²) in [5.74, 6) is -0.626. The van der Waals surface area contributed by atoms with Gasteiger partial charge in [0.2, 0.25) is 0 Å². The van der Waals surface area contributed by atoms with E-state index in [1.807, 2.05) is 43.3 Å². The van der Waals surface area contributed by atoms with Crippen LogP contribution in [0.25, 0.3) is 10.4 Å². The highest BCUT2D eigenvalue weighted by Crippen LogP contribution is 2.42. The Bertz CT molecular complexity index is 1660. The lowest BCUT2D eigenvalue weighted by atomic mass is 10.0. The largest absolute Gasteiger partial charge is 0.380 e. The summed E-state index contributed by atoms with van der Waals surface area (Å²) >= 11 is 1.40. The first-order valence-corrected chi connectivity index (χ1v) is 15.3. The monoisotopic (exact) mass is 597 g/mol. The van der Waals surface area contributed by atoms with Gasteiger partial charge in [-0.05, 0) is 78.9 Å². The smallest absolute Gasteiger partial charge is 0.321 e. The quantitative estimate of drug-likeness (QED) is 0.258. The Kier molecular flexibility index (Phi) is 8.35. The molecule has 1 fully saturated rings. The summed E-state index contributed by atoms with van der Waals surface area (Å²) < 4.78 is 19.8. The number of nitrogens with zero attached hydrogens (tertiary/aromatic N) is 2. The van der Waals surface area contributed by atoms with Crippen molar-refractivity contribution in [2.24, 2.45) is 0 Å². The first-order valence-electron chi connectivity index (χ1n) is 14.4. The molecule has 3 heterocycles. The minimum Gasteiger partial charge on any atom is -0.380 e. The highest BCUT2D eigenvalue weighted by atomic mass is 32.1. The van der Waals surface area contributed by atoms with Gasteiger partial charge in [0.25, 0.3) is 5.91 Å². The number of carbonyl (C=O) groups is 3. The van der Waals surface area contributed by atoms with Crippen molar-refractivity contribution in [1.29, 1.82) is 0 Å². The summed E-state index contributed by atoms with van der Waals surface area (Å²) in [6.45, 7) is 4.62. The van der Waals surface area contributed by atoms with Crippen molar-refractivity contribution < 1.29 is 23.5 Å². The molecule has 0 saturated carbocycles. The summed E-state index contributed by atoms with van der Waals surface area (Å²) in [6.07, 6.45) is 1.38. The number of carbonyl (C=O) groups excluding carboxylic acids is 3. The number of ketones is 1. The van der Waals surface area contributed by atoms with Gasteiger partial charge < -0.3 is 19.9 Å². The number of Topliss-reactive ketones (excluding diaryl/α,β-unsaturated/α-hetero) is 1. The van der Waals surface area contributed by atoms with Crippen LogP contribution >= 0.6 is 11.3 Å². The van der Waals surface area contributed by atoms with E-state index in [0.29, 0.717) is 61.0 Å². The maximum atomic E-state index is 14.4. The molecule has 0 unspecified atom stereocenters. The van der Waals surface area contributed by atoms with Gasteiger partial charge in [0, 0.05) is 54.4 Å². The Morgan fingerprint density at radius 2 is 1.77 bits per heavy atom. The van der Waals surface area contributed by atoms with Crippen molar-refractivity contribution in [1.82, 2.24) is 4.90 Å². The van der Waals surface area contributed by atoms with Crippen LogP contribution in [-0.2, 0) is 17.6 Å². The number of thiophene rings is 1. The highest BCUT2D eigenvalue weighted by Gasteiger charge is 2.28. The lowest BCUT2D eigenvalue weighted by Crippen LogP contribution is -2.36. The molecule has 43 heavy (non-hydrogen) atoms. The van der Waals surface area contributed by atoms with Gasteiger partial charge in [-0.2, -0.15) is 0 Å². The Morgan fingerprint density at radius 1 is 0.953 bits per heavy atom. The third-order valence-electron chi connectivity index (χ3n) is 7.96. The van der Waals surface area contributed by atoms with Crippen LogP contribution in [0.15, 0.2) is 72.8 Å². The molecule has 0 bridgehead atoms. The van der Waals surface area contributed by atoms with E-state index < -0.39 is 0 Å². The second kappa shape index (κ2) is 12.5. The van der Waals surface area contributed by atoms with Crippen molar-refractivity contribution in [3.63, 3.8) is 0 Å². The first kappa shape index (κ1) is 28.8. The van der Waals surface area contributed by atoms with Crippen LogP contribution in [0.3, 0.4) is 0 Å². The molecule has 2 aliphatic heterocycles. The van der Waals surface area contributed by atoms with E-state index in [4.69, 9.17) is 4.74 Å². The molecule has 0 atom stereocenters. The molecule has 3 aromatic carbocycles. The van der Waals surface area contributed by atoms with E-state index in [1.165, 1.54) is 17.4 Å². The number of anilines is 2. The summed E-state index contributed by atoms with van der Waals surface area (Å²) in [4.78, 5) is 44.7. The van der Waals surface area contributed by atoms with Crippen molar-refractivity contribution in [3.8, 4) is 10.4 Å². The second-order valence-electron chi connectivity index (χ2n) is 10.8. The van der Waals surface area contributed by atoms with Gasteiger partial charge in [0.1, 0.15) is 5.82 Å². The van der Waals surface area contributed by atoms with Gasteiger partial charge in [0.05, 0.1) is 17.2 Å². The number of aryl methyl sites for hydroxylation is 1. The summed E-state index contributed by atoms with van der Waals surface area (Å²) in [6, 6.07) is 21.2. The molecule has 3 amide bonds. The standard InChI is InChI=1S/C34H32FN3O4S/c1-22-6-4-8-28(35)27(22)21-30(39)31-20-24-14-16-38(29-9-3-2-7-26(29)32(24)43-31)33(40)23-10-12-25(13-11-23)36-34(41)37-15-5-18-42-19-17-37/h2-4,6-13,20H,5,14-19,21H2,1H3,(H,36,41). The van der Waals surface area contributed by atoms with Crippen molar-refractivity contribution in [3.05, 3.63) is 106 Å². The van der Waals surface area contributed by atoms with Crippen molar-refractivity contribution in [2.75, 3.05) is 43.1 Å². The van der Waals surface area contributed by atoms with E-state index >= 15 is 0 Å². The molecule has 9 heteroatoms. The molecule has 4 aromatic rings. The van der Waals surface area contributed by atoms with Gasteiger partial charge in [0.15, 0.2) is 5.78 Å². The highest BCUT2D eigenvalue weighted by molar-refractivity contribution is 7.17. The minimum atomic E-state index is -0.367. The molecule has 7 nitrogen and oxygen atoms in total. The van der Waals surface area contributed by atoms with Gasteiger partial charge in [-0.25, -0.2) is 9.18 Å². The number of hydrogen-bond donors (Lipinski definition) is 1. The number of fused-ring (bicyclic) bond motifs is 3. The van der Waals surface area contributed by atoms with Crippen LogP contribution in [0.1, 0.15) is 43.1 Å². The van der Waals surface area contributed by atoms with E-state index in [-0.39, 0.29) is 30.0 Å². The molecule has 0 spiro atoms. The molecule has 0 aliphatic carbocycles. The number of amides is 3. The number of urea groups is 1. The molecular weight excluding hydrogens is 565 g/mol. The van der Waals surface area contributed by atoms with Crippen LogP contribution in [0.2, 0.25) is 0 Å². The third kappa shape index (κ3) is 6.09. The molecule has 2 aliphatic rings. The molecule has 0 radical (unpaired) electrons. The Balaban J connectivity index is 1.20. The summed E-state index contributed by atoms with van der Waals surface area (Å²) in [7, 11) is 0. The van der Waals surface area contributed by atoms with Gasteiger partial charge in [-0.3, -0.25) is 9.59 Å². The fourth-order valence-corrected chi connectivity index (χ4v) is 6.77. The molecule has 220 valence electrons. The molecule has 6 rings (SSSR count). The normalized spacial score (nSPS) is 14.7. The number of hydrogen-bond acceptors (Lipinski definition) is 5. The number of halogens is 1. The lowest BCUT2D eigenvalue weighted by molar-refractivity contribution is 0.0982. The van der Waals surface area contributed by atoms with E-state index in [2.05, 4.69) is 5.32 Å². The first-order chi connectivity index (χ1) is 20.9. The maximum Gasteiger partial charge on any atom is 0.321 e. The predicted molar refractivity (Wildman–Crippen MR) is 167 cm³/mol. The maximum absolute atomic E-state index is 14.4. The number of nitrogens with one attached hydrogen (secondary N) is 1. The Morgan fingerprint density at radius 3 is 2.58 bits per heavy atom. The second-order valence-corrected chi connectivity index (χ2v) is 11.8. The summed E-state index contributed by atoms with van der Waals surface area (Å²) in [5, 5.41) is 2.91. The average molecular weight is 598 g/mol. The molecular formula is C34H32FN3O4S. The van der Waals surface area contributed by atoms with E-state index in [9.17, 15) is 18.8 Å². The fraction of sp³-hybridized carbons (Fsp3) is 0.265. The predicted octanol–water partition coefficient (Wildman–Crippen LogP) is 6.75. The number of para-hydroxylation sites is 1. The van der Waals surface area contributed by atoms with Crippen molar-refractivity contribution >= 4 is 40.4 Å². The van der Waals surface area contributed by atoms with Crippen LogP contribution < -0.4 is 10.2 Å². The lowest BCUT2D eigenvalue weighted by Gasteiger charge is -2.23. The zero-order chi connectivity index (χ0) is 29.9. The summed E-state index contributed by atoms with van der Waals surface area (Å²) in [5.41, 5.74) is 4.98. The molecule has 1 aromatic heterocycles. The molecule has 1 saturated heterocycles. The SMILES string of the molecule is Cc1cccc(F)c1CC(=O)c1cc2c(s1)-c1ccccc1N(C(=O)c1ccc(NC(=O)N3CCCOCC3)cc1)CC2. The topological polar surface area (TPSA) is 79.0 Å².